The Kier molecular flexibility index (Phi) is 2.67. The third-order valence-corrected chi connectivity index (χ3v) is 8.15. The van der Waals surface area contributed by atoms with Gasteiger partial charge < -0.3 is 5.73 Å². The number of hydrogen-bond acceptors (Lipinski definition) is 3. The summed E-state index contributed by atoms with van der Waals surface area (Å²) in [6.45, 7) is 3.65. The molecule has 18 heavy (non-hydrogen) atoms. The predicted molar refractivity (Wildman–Crippen MR) is 73.0 cm³/mol. The molecule has 0 heterocycles. The molecule has 0 aromatic carbocycles. The van der Waals surface area contributed by atoms with Gasteiger partial charge in [-0.3, -0.25) is 0 Å². The van der Waals surface area contributed by atoms with Gasteiger partial charge in [0.05, 0.1) is 10.5 Å². The van der Waals surface area contributed by atoms with Gasteiger partial charge in [0.1, 0.15) is 0 Å². The Morgan fingerprint density at radius 2 is 1.44 bits per heavy atom. The normalized spacial score (nSPS) is 43.4. The second kappa shape index (κ2) is 3.72. The first-order valence-corrected chi connectivity index (χ1v) is 8.86. The highest BCUT2D eigenvalue weighted by Gasteiger charge is 2.57. The molecule has 3 nitrogen and oxygen atoms in total. The topological polar surface area (TPSA) is 60.2 Å². The lowest BCUT2D eigenvalue weighted by molar-refractivity contribution is 0.0337. The van der Waals surface area contributed by atoms with E-state index in [4.69, 9.17) is 5.73 Å². The van der Waals surface area contributed by atoms with E-state index in [9.17, 15) is 8.42 Å². The standard InChI is InChI=1S/C14H25NO2S/c1-13(2,15)9-18(16,17)14-6-10-3-11(7-14)5-12(4-10)8-14/h10-12H,3-9,15H2,1-2H3. The molecule has 4 saturated carbocycles. The molecule has 0 radical (unpaired) electrons. The van der Waals surface area contributed by atoms with Gasteiger partial charge in [-0.15, -0.1) is 0 Å². The first-order chi connectivity index (χ1) is 8.19. The van der Waals surface area contributed by atoms with Gasteiger partial charge in [0.2, 0.25) is 0 Å². The summed E-state index contributed by atoms with van der Waals surface area (Å²) >= 11 is 0. The van der Waals surface area contributed by atoms with Crippen molar-refractivity contribution >= 4 is 9.84 Å². The average Bonchev–Trinajstić information content (AvgIpc) is 2.10. The Labute approximate surface area is 110 Å². The van der Waals surface area contributed by atoms with Crippen molar-refractivity contribution in [1.82, 2.24) is 0 Å². The van der Waals surface area contributed by atoms with Gasteiger partial charge in [-0.1, -0.05) is 0 Å². The van der Waals surface area contributed by atoms with E-state index in [1.165, 1.54) is 19.3 Å². The molecule has 0 unspecified atom stereocenters. The predicted octanol–water partition coefficient (Wildman–Crippen LogP) is 2.11. The van der Waals surface area contributed by atoms with Crippen LogP contribution in [-0.2, 0) is 9.84 Å². The van der Waals surface area contributed by atoms with Crippen LogP contribution in [-0.4, -0.2) is 24.5 Å². The lowest BCUT2D eigenvalue weighted by Crippen LogP contribution is -2.57. The molecule has 4 fully saturated rings. The first-order valence-electron chi connectivity index (χ1n) is 7.20. The van der Waals surface area contributed by atoms with E-state index in [2.05, 4.69) is 0 Å². The van der Waals surface area contributed by atoms with Crippen LogP contribution in [0.1, 0.15) is 52.4 Å². The minimum absolute atomic E-state index is 0.145. The summed E-state index contributed by atoms with van der Waals surface area (Å²) < 4.78 is 25.2. The van der Waals surface area contributed by atoms with Crippen LogP contribution in [0.15, 0.2) is 0 Å². The zero-order valence-electron chi connectivity index (χ0n) is 11.5. The van der Waals surface area contributed by atoms with Crippen LogP contribution < -0.4 is 5.73 Å². The van der Waals surface area contributed by atoms with Crippen molar-refractivity contribution < 1.29 is 8.42 Å². The zero-order chi connectivity index (χ0) is 13.2. The van der Waals surface area contributed by atoms with Crippen LogP contribution in [0.5, 0.6) is 0 Å². The molecule has 0 atom stereocenters. The Morgan fingerprint density at radius 3 is 1.78 bits per heavy atom. The van der Waals surface area contributed by atoms with Crippen molar-refractivity contribution in [3.8, 4) is 0 Å². The van der Waals surface area contributed by atoms with Crippen LogP contribution in [0.4, 0.5) is 0 Å². The van der Waals surface area contributed by atoms with E-state index in [1.54, 1.807) is 0 Å². The fraction of sp³-hybridized carbons (Fsp3) is 1.00. The molecule has 0 spiro atoms. The van der Waals surface area contributed by atoms with E-state index in [1.807, 2.05) is 13.8 Å². The SMILES string of the molecule is CC(C)(N)CS(=O)(=O)C12CC3CC(CC(C3)C1)C2. The van der Waals surface area contributed by atoms with E-state index >= 15 is 0 Å². The minimum Gasteiger partial charge on any atom is -0.325 e. The molecule has 2 N–H and O–H groups in total. The summed E-state index contributed by atoms with van der Waals surface area (Å²) in [5.74, 6) is 2.16. The maximum absolute atomic E-state index is 12.8. The van der Waals surface area contributed by atoms with Crippen molar-refractivity contribution in [2.24, 2.45) is 23.5 Å². The van der Waals surface area contributed by atoms with E-state index < -0.39 is 20.1 Å². The van der Waals surface area contributed by atoms with Crippen LogP contribution in [0, 0.1) is 17.8 Å². The molecule has 0 amide bonds. The molecular formula is C14H25NO2S. The maximum atomic E-state index is 12.8. The van der Waals surface area contributed by atoms with Crippen LogP contribution in [0.25, 0.3) is 0 Å². The minimum atomic E-state index is -3.06. The van der Waals surface area contributed by atoms with Crippen molar-refractivity contribution in [2.75, 3.05) is 5.75 Å². The van der Waals surface area contributed by atoms with Gasteiger partial charge in [0.15, 0.2) is 9.84 Å². The third kappa shape index (κ3) is 2.01. The highest BCUT2D eigenvalue weighted by atomic mass is 32.2. The van der Waals surface area contributed by atoms with Gasteiger partial charge in [0, 0.05) is 5.54 Å². The van der Waals surface area contributed by atoms with Crippen molar-refractivity contribution in [3.63, 3.8) is 0 Å². The molecule has 4 aliphatic rings. The Balaban J connectivity index is 1.91. The molecule has 4 rings (SSSR count). The lowest BCUT2D eigenvalue weighted by Gasteiger charge is -2.56. The van der Waals surface area contributed by atoms with Crippen LogP contribution in [0.2, 0.25) is 0 Å². The van der Waals surface area contributed by atoms with E-state index in [0.717, 1.165) is 19.3 Å². The number of sulfone groups is 1. The number of rotatable bonds is 3. The van der Waals surface area contributed by atoms with Gasteiger partial charge in [-0.2, -0.15) is 0 Å². The Bertz CT molecular complexity index is 412. The molecule has 4 bridgehead atoms. The quantitative estimate of drug-likeness (QED) is 0.855. The van der Waals surface area contributed by atoms with Crippen molar-refractivity contribution in [1.29, 1.82) is 0 Å². The Hall–Kier alpha value is -0.0900. The molecule has 4 heteroatoms. The fourth-order valence-electron chi connectivity index (χ4n) is 5.05. The average molecular weight is 271 g/mol. The second-order valence-electron chi connectivity index (χ2n) is 7.85. The third-order valence-electron chi connectivity index (χ3n) is 5.20. The fourth-order valence-corrected chi connectivity index (χ4v) is 7.81. The van der Waals surface area contributed by atoms with Crippen molar-refractivity contribution in [2.45, 2.75) is 62.7 Å². The van der Waals surface area contributed by atoms with Gasteiger partial charge in [-0.05, 0) is 70.1 Å². The molecule has 0 aromatic rings. The first kappa shape index (κ1) is 12.9. The molecule has 104 valence electrons. The van der Waals surface area contributed by atoms with Crippen LogP contribution >= 0.6 is 0 Å². The van der Waals surface area contributed by atoms with Gasteiger partial charge in [-0.25, -0.2) is 8.42 Å². The monoisotopic (exact) mass is 271 g/mol. The van der Waals surface area contributed by atoms with Crippen molar-refractivity contribution in [3.05, 3.63) is 0 Å². The molecule has 0 aliphatic heterocycles. The Morgan fingerprint density at radius 1 is 1.06 bits per heavy atom. The van der Waals surface area contributed by atoms with E-state index in [0.29, 0.717) is 17.8 Å². The summed E-state index contributed by atoms with van der Waals surface area (Å²) in [5, 5.41) is 0. The lowest BCUT2D eigenvalue weighted by atomic mass is 9.56. The second-order valence-corrected chi connectivity index (χ2v) is 10.2. The molecule has 4 aliphatic carbocycles. The summed E-state index contributed by atoms with van der Waals surface area (Å²) in [6.07, 6.45) is 6.58. The largest absolute Gasteiger partial charge is 0.325 e. The van der Waals surface area contributed by atoms with Gasteiger partial charge in [0.25, 0.3) is 0 Å². The molecule has 0 aromatic heterocycles. The highest BCUT2D eigenvalue weighted by molar-refractivity contribution is 7.92. The smallest absolute Gasteiger partial charge is 0.157 e. The van der Waals surface area contributed by atoms with Crippen LogP contribution in [0.3, 0.4) is 0 Å². The summed E-state index contributed by atoms with van der Waals surface area (Å²) in [6, 6.07) is 0. The summed E-state index contributed by atoms with van der Waals surface area (Å²) in [7, 11) is -3.06. The van der Waals surface area contributed by atoms with Gasteiger partial charge >= 0.3 is 0 Å². The summed E-state index contributed by atoms with van der Waals surface area (Å²) in [5.41, 5.74) is 5.35. The highest BCUT2D eigenvalue weighted by Crippen LogP contribution is 2.58. The maximum Gasteiger partial charge on any atom is 0.157 e. The summed E-state index contributed by atoms with van der Waals surface area (Å²) in [4.78, 5) is 0. The molecular weight excluding hydrogens is 246 g/mol. The number of nitrogens with two attached hydrogens (primary N) is 1. The number of hydrogen-bond donors (Lipinski definition) is 1. The molecule has 0 saturated heterocycles. The zero-order valence-corrected chi connectivity index (χ0v) is 12.3. The van der Waals surface area contributed by atoms with E-state index in [-0.39, 0.29) is 5.75 Å².